The van der Waals surface area contributed by atoms with Crippen molar-refractivity contribution in [3.05, 3.63) is 52.0 Å². The fraction of sp³-hybridized carbons (Fsp3) is 0.308. The summed E-state index contributed by atoms with van der Waals surface area (Å²) in [7, 11) is 0. The minimum Gasteiger partial charge on any atom is -0.324 e. The molecule has 0 amide bonds. The van der Waals surface area contributed by atoms with Crippen molar-refractivity contribution < 1.29 is 4.39 Å². The van der Waals surface area contributed by atoms with E-state index in [1.54, 1.807) is 18.3 Å². The number of halogens is 2. The molecule has 2 N–H and O–H groups in total. The van der Waals surface area contributed by atoms with Gasteiger partial charge in [0, 0.05) is 28.8 Å². The van der Waals surface area contributed by atoms with Crippen molar-refractivity contribution in [1.29, 1.82) is 0 Å². The van der Waals surface area contributed by atoms with Gasteiger partial charge in [-0.15, -0.1) is 0 Å². The summed E-state index contributed by atoms with van der Waals surface area (Å²) < 4.78 is 16.3. The number of aryl methyl sites for hydroxylation is 1. The van der Waals surface area contributed by atoms with E-state index in [0.29, 0.717) is 16.5 Å². The maximum Gasteiger partial charge on any atom is 0.129 e. The van der Waals surface area contributed by atoms with Gasteiger partial charge in [-0.1, -0.05) is 22.0 Å². The van der Waals surface area contributed by atoms with E-state index in [1.165, 1.54) is 6.07 Å². The number of hydrogen-bond donors (Lipinski definition) is 1. The van der Waals surface area contributed by atoms with Crippen molar-refractivity contribution in [3.8, 4) is 0 Å². The summed E-state index contributed by atoms with van der Waals surface area (Å²) in [5.74, 6) is -0.278. The van der Waals surface area contributed by atoms with Gasteiger partial charge in [0.1, 0.15) is 5.82 Å². The summed E-state index contributed by atoms with van der Waals surface area (Å²) in [6.45, 7) is 2.84. The molecule has 2 rings (SSSR count). The molecular formula is C13H15BrFN3. The largest absolute Gasteiger partial charge is 0.324 e. The molecule has 3 nitrogen and oxygen atoms in total. The molecule has 0 saturated carbocycles. The van der Waals surface area contributed by atoms with E-state index in [9.17, 15) is 4.39 Å². The van der Waals surface area contributed by atoms with Crippen molar-refractivity contribution in [1.82, 2.24) is 9.78 Å². The number of benzene rings is 1. The Bertz CT molecular complexity index is 519. The Labute approximate surface area is 114 Å². The highest BCUT2D eigenvalue weighted by Crippen LogP contribution is 2.26. The van der Waals surface area contributed by atoms with Crippen LogP contribution in [0.25, 0.3) is 0 Å². The minimum atomic E-state index is -0.380. The van der Waals surface area contributed by atoms with Crippen LogP contribution in [0.1, 0.15) is 24.1 Å². The van der Waals surface area contributed by atoms with Gasteiger partial charge in [0.15, 0.2) is 0 Å². The first-order valence-corrected chi connectivity index (χ1v) is 6.62. The zero-order valence-corrected chi connectivity index (χ0v) is 11.7. The Morgan fingerprint density at radius 3 is 2.89 bits per heavy atom. The molecule has 18 heavy (non-hydrogen) atoms. The fourth-order valence-corrected chi connectivity index (χ4v) is 2.54. The highest BCUT2D eigenvalue weighted by Gasteiger charge is 2.16. The molecule has 1 heterocycles. The fourth-order valence-electron chi connectivity index (χ4n) is 1.91. The summed E-state index contributed by atoms with van der Waals surface area (Å²) in [5.41, 5.74) is 7.60. The zero-order valence-electron chi connectivity index (χ0n) is 10.1. The van der Waals surface area contributed by atoms with Crippen molar-refractivity contribution in [3.63, 3.8) is 0 Å². The third kappa shape index (κ3) is 2.79. The molecule has 0 aliphatic heterocycles. The lowest BCUT2D eigenvalue weighted by atomic mass is 10.0. The van der Waals surface area contributed by atoms with Crippen LogP contribution in [0.4, 0.5) is 4.39 Å². The van der Waals surface area contributed by atoms with E-state index in [1.807, 2.05) is 17.8 Å². The van der Waals surface area contributed by atoms with Gasteiger partial charge >= 0.3 is 0 Å². The number of nitrogens with zero attached hydrogens (tertiary/aromatic N) is 2. The standard InChI is InChI=1S/C13H15BrFN3/c1-2-18-8-9(7-17-18)6-12(16)13-10(14)4-3-5-11(13)15/h3-5,7-8,12H,2,6,16H2,1H3. The summed E-state index contributed by atoms with van der Waals surface area (Å²) >= 11 is 3.34. The molecule has 0 spiro atoms. The van der Waals surface area contributed by atoms with Crippen LogP contribution in [0.15, 0.2) is 35.1 Å². The van der Waals surface area contributed by atoms with E-state index in [4.69, 9.17) is 5.73 Å². The molecule has 1 unspecified atom stereocenters. The van der Waals surface area contributed by atoms with Crippen LogP contribution in [0, 0.1) is 5.82 Å². The zero-order chi connectivity index (χ0) is 13.1. The summed E-state index contributed by atoms with van der Waals surface area (Å²) in [4.78, 5) is 0. The predicted molar refractivity (Wildman–Crippen MR) is 72.6 cm³/mol. The van der Waals surface area contributed by atoms with E-state index < -0.39 is 0 Å². The van der Waals surface area contributed by atoms with Crippen LogP contribution < -0.4 is 5.73 Å². The van der Waals surface area contributed by atoms with Crippen molar-refractivity contribution >= 4 is 15.9 Å². The van der Waals surface area contributed by atoms with Gasteiger partial charge < -0.3 is 5.73 Å². The van der Waals surface area contributed by atoms with Gasteiger partial charge in [0.25, 0.3) is 0 Å². The van der Waals surface area contributed by atoms with Crippen LogP contribution >= 0.6 is 15.9 Å². The van der Waals surface area contributed by atoms with Crippen LogP contribution in [-0.2, 0) is 13.0 Å². The minimum absolute atomic E-state index is 0.278. The van der Waals surface area contributed by atoms with Gasteiger partial charge in [-0.2, -0.15) is 5.10 Å². The van der Waals surface area contributed by atoms with E-state index in [0.717, 1.165) is 12.1 Å². The maximum absolute atomic E-state index is 13.7. The van der Waals surface area contributed by atoms with Crippen molar-refractivity contribution in [2.75, 3.05) is 0 Å². The summed E-state index contributed by atoms with van der Waals surface area (Å²) in [5, 5.41) is 4.18. The molecule has 1 aromatic carbocycles. The third-order valence-electron chi connectivity index (χ3n) is 2.84. The molecule has 0 aliphatic carbocycles. The highest BCUT2D eigenvalue weighted by molar-refractivity contribution is 9.10. The van der Waals surface area contributed by atoms with E-state index >= 15 is 0 Å². The molecule has 0 fully saturated rings. The molecule has 0 radical (unpaired) electrons. The molecule has 1 atom stereocenters. The van der Waals surface area contributed by atoms with E-state index in [2.05, 4.69) is 21.0 Å². The number of nitrogens with two attached hydrogens (primary N) is 1. The second-order valence-electron chi connectivity index (χ2n) is 4.15. The Kier molecular flexibility index (Phi) is 4.14. The quantitative estimate of drug-likeness (QED) is 0.943. The number of rotatable bonds is 4. The first kappa shape index (κ1) is 13.2. The molecule has 0 bridgehead atoms. The number of hydrogen-bond acceptors (Lipinski definition) is 2. The van der Waals surface area contributed by atoms with Crippen LogP contribution in [0.3, 0.4) is 0 Å². The average Bonchev–Trinajstić information content (AvgIpc) is 2.76. The second-order valence-corrected chi connectivity index (χ2v) is 5.00. The Morgan fingerprint density at radius 2 is 2.28 bits per heavy atom. The summed E-state index contributed by atoms with van der Waals surface area (Å²) in [6.07, 6.45) is 4.28. The first-order chi connectivity index (χ1) is 8.61. The Morgan fingerprint density at radius 1 is 1.50 bits per heavy atom. The molecular weight excluding hydrogens is 297 g/mol. The predicted octanol–water partition coefficient (Wildman–Crippen LogP) is 3.05. The molecule has 0 saturated heterocycles. The van der Waals surface area contributed by atoms with Crippen molar-refractivity contribution in [2.45, 2.75) is 25.9 Å². The lowest BCUT2D eigenvalue weighted by Crippen LogP contribution is -2.15. The Hall–Kier alpha value is -1.20. The maximum atomic E-state index is 13.7. The first-order valence-electron chi connectivity index (χ1n) is 5.82. The summed E-state index contributed by atoms with van der Waals surface area (Å²) in [6, 6.07) is 4.50. The van der Waals surface area contributed by atoms with Gasteiger partial charge in [0.2, 0.25) is 0 Å². The topological polar surface area (TPSA) is 43.8 Å². The average molecular weight is 312 g/mol. The molecule has 0 aliphatic rings. The number of aromatic nitrogens is 2. The third-order valence-corrected chi connectivity index (χ3v) is 3.53. The van der Waals surface area contributed by atoms with Crippen LogP contribution in [-0.4, -0.2) is 9.78 Å². The van der Waals surface area contributed by atoms with Gasteiger partial charge in [0.05, 0.1) is 6.20 Å². The molecule has 1 aromatic heterocycles. The lowest BCUT2D eigenvalue weighted by Gasteiger charge is -2.13. The van der Waals surface area contributed by atoms with E-state index in [-0.39, 0.29) is 11.9 Å². The SMILES string of the molecule is CCn1cc(CC(N)c2c(F)cccc2Br)cn1. The molecule has 2 aromatic rings. The highest BCUT2D eigenvalue weighted by atomic mass is 79.9. The normalized spacial score (nSPS) is 12.7. The monoisotopic (exact) mass is 311 g/mol. The lowest BCUT2D eigenvalue weighted by molar-refractivity contribution is 0.577. The van der Waals surface area contributed by atoms with Crippen molar-refractivity contribution in [2.24, 2.45) is 5.73 Å². The molecule has 5 heteroatoms. The smallest absolute Gasteiger partial charge is 0.129 e. The van der Waals surface area contributed by atoms with Crippen LogP contribution in [0.2, 0.25) is 0 Å². The van der Waals surface area contributed by atoms with Gasteiger partial charge in [-0.25, -0.2) is 4.39 Å². The van der Waals surface area contributed by atoms with Crippen LogP contribution in [0.5, 0.6) is 0 Å². The Balaban J connectivity index is 2.19. The molecule has 96 valence electrons. The van der Waals surface area contributed by atoms with Gasteiger partial charge in [-0.05, 0) is 31.0 Å². The van der Waals surface area contributed by atoms with Gasteiger partial charge in [-0.3, -0.25) is 4.68 Å². The second kappa shape index (κ2) is 5.63.